The fourth-order valence-corrected chi connectivity index (χ4v) is 3.54. The van der Waals surface area contributed by atoms with Crippen molar-refractivity contribution in [1.82, 2.24) is 9.88 Å². The highest BCUT2D eigenvalue weighted by Gasteiger charge is 2.25. The zero-order valence-corrected chi connectivity index (χ0v) is 16.7. The topological polar surface area (TPSA) is 62.7 Å². The summed E-state index contributed by atoms with van der Waals surface area (Å²) in [5.41, 5.74) is -0.0298. The first-order valence-electron chi connectivity index (χ1n) is 9.74. The number of carbonyl (C=O) groups is 1. The molecule has 3 rings (SSSR count). The van der Waals surface area contributed by atoms with Crippen LogP contribution >= 0.6 is 0 Å². The lowest BCUT2D eigenvalue weighted by Crippen LogP contribution is -2.41. The summed E-state index contributed by atoms with van der Waals surface area (Å²) in [6, 6.07) is 7.64. The number of piperidine rings is 1. The molecule has 156 valence electrons. The number of alkyl halides is 1. The number of rotatable bonds is 7. The first-order chi connectivity index (χ1) is 13.7. The van der Waals surface area contributed by atoms with Crippen LogP contribution in [-0.4, -0.2) is 52.9 Å². The minimum atomic E-state index is -1.20. The van der Waals surface area contributed by atoms with Gasteiger partial charge in [0.1, 0.15) is 11.4 Å². The van der Waals surface area contributed by atoms with E-state index < -0.39 is 17.5 Å². The van der Waals surface area contributed by atoms with Gasteiger partial charge in [0, 0.05) is 18.3 Å². The highest BCUT2D eigenvalue weighted by atomic mass is 19.1. The van der Waals surface area contributed by atoms with Gasteiger partial charge in [-0.05, 0) is 69.5 Å². The van der Waals surface area contributed by atoms with E-state index in [1.165, 1.54) is 18.3 Å². The van der Waals surface area contributed by atoms with Crippen molar-refractivity contribution in [1.29, 1.82) is 0 Å². The Bertz CT molecular complexity index is 842. The van der Waals surface area contributed by atoms with Crippen molar-refractivity contribution in [2.45, 2.75) is 32.4 Å². The molecule has 0 spiro atoms. The molecule has 0 unspecified atom stereocenters. The van der Waals surface area contributed by atoms with E-state index in [1.54, 1.807) is 32.0 Å². The minimum absolute atomic E-state index is 0.0599. The van der Waals surface area contributed by atoms with Crippen LogP contribution in [0.15, 0.2) is 36.5 Å². The summed E-state index contributed by atoms with van der Waals surface area (Å²) >= 11 is 0. The molecule has 2 heterocycles. The van der Waals surface area contributed by atoms with E-state index in [2.05, 4.69) is 9.88 Å². The van der Waals surface area contributed by atoms with Gasteiger partial charge >= 0.3 is 5.97 Å². The van der Waals surface area contributed by atoms with Crippen molar-refractivity contribution < 1.29 is 23.4 Å². The third-order valence-corrected chi connectivity index (χ3v) is 5.03. The van der Waals surface area contributed by atoms with E-state index in [-0.39, 0.29) is 11.4 Å². The highest BCUT2D eigenvalue weighted by Crippen LogP contribution is 2.27. The Hall–Kier alpha value is -2.54. The average Bonchev–Trinajstić information content (AvgIpc) is 2.67. The predicted octanol–water partition coefficient (Wildman–Crippen LogP) is 4.42. The molecule has 0 bridgehead atoms. The predicted molar refractivity (Wildman–Crippen MR) is 106 cm³/mol. The van der Waals surface area contributed by atoms with Crippen LogP contribution in [0, 0.1) is 11.7 Å². The first kappa shape index (κ1) is 21.2. The summed E-state index contributed by atoms with van der Waals surface area (Å²) in [5.74, 6) is -1.07. The molecule has 5 nitrogen and oxygen atoms in total. The lowest BCUT2D eigenvalue weighted by Gasteiger charge is -2.34. The molecule has 1 saturated heterocycles. The van der Waals surface area contributed by atoms with Crippen LogP contribution in [0.2, 0.25) is 0 Å². The van der Waals surface area contributed by atoms with Crippen LogP contribution in [0.5, 0.6) is 5.75 Å². The van der Waals surface area contributed by atoms with Crippen molar-refractivity contribution in [3.63, 3.8) is 0 Å². The molecule has 1 aliphatic heterocycles. The smallest absolute Gasteiger partial charge is 0.354 e. The minimum Gasteiger partial charge on any atom is -0.490 e. The molecule has 1 aliphatic rings. The molecule has 0 amide bonds. The SMILES string of the molecule is CC(C)(F)CN1CCC(COc2ccc(-c3ccc(C(=O)O)nc3)cc2F)CC1. The summed E-state index contributed by atoms with van der Waals surface area (Å²) in [6.07, 6.45) is 3.21. The maximum Gasteiger partial charge on any atom is 0.354 e. The van der Waals surface area contributed by atoms with E-state index in [9.17, 15) is 13.6 Å². The number of nitrogens with zero attached hydrogens (tertiary/aromatic N) is 2. The number of carboxylic acid groups (broad SMARTS) is 1. The summed E-state index contributed by atoms with van der Waals surface area (Å²) in [7, 11) is 0. The number of hydrogen-bond donors (Lipinski definition) is 1. The standard InChI is InChI=1S/C22H26F2N2O3/c1-22(2,24)14-26-9-7-15(8-10-26)13-29-20-6-4-16(11-18(20)23)17-3-5-19(21(27)28)25-12-17/h3-6,11-12,15H,7-10,13-14H2,1-2H3,(H,27,28). The largest absolute Gasteiger partial charge is 0.490 e. The van der Waals surface area contributed by atoms with Crippen LogP contribution in [0.1, 0.15) is 37.2 Å². The number of likely N-dealkylation sites (tertiary alicyclic amines) is 1. The van der Waals surface area contributed by atoms with E-state index in [0.717, 1.165) is 25.9 Å². The fourth-order valence-electron chi connectivity index (χ4n) is 3.54. The van der Waals surface area contributed by atoms with Crippen LogP contribution in [0.25, 0.3) is 11.1 Å². The number of halogens is 2. The molecule has 1 aromatic heterocycles. The van der Waals surface area contributed by atoms with Gasteiger partial charge < -0.3 is 14.7 Å². The quantitative estimate of drug-likeness (QED) is 0.740. The molecule has 7 heteroatoms. The van der Waals surface area contributed by atoms with Gasteiger partial charge in [-0.15, -0.1) is 0 Å². The highest BCUT2D eigenvalue weighted by molar-refractivity contribution is 5.85. The Kier molecular flexibility index (Phi) is 6.47. The van der Waals surface area contributed by atoms with Crippen molar-refractivity contribution in [2.24, 2.45) is 5.92 Å². The zero-order chi connectivity index (χ0) is 21.0. The van der Waals surface area contributed by atoms with Crippen molar-refractivity contribution in [2.75, 3.05) is 26.2 Å². The molecule has 1 N–H and O–H groups in total. The molecule has 1 aromatic carbocycles. The summed E-state index contributed by atoms with van der Waals surface area (Å²) in [5, 5.41) is 8.90. The second-order valence-electron chi connectivity index (χ2n) is 8.13. The molecule has 0 atom stereocenters. The van der Waals surface area contributed by atoms with Crippen LogP contribution in [0.3, 0.4) is 0 Å². The van der Waals surface area contributed by atoms with Gasteiger partial charge in [0.25, 0.3) is 0 Å². The lowest BCUT2D eigenvalue weighted by molar-refractivity contribution is 0.0690. The Morgan fingerprint density at radius 2 is 1.93 bits per heavy atom. The van der Waals surface area contributed by atoms with Crippen molar-refractivity contribution >= 4 is 5.97 Å². The second kappa shape index (κ2) is 8.86. The van der Waals surface area contributed by atoms with Gasteiger partial charge in [0.15, 0.2) is 11.6 Å². The summed E-state index contributed by atoms with van der Waals surface area (Å²) < 4.78 is 33.9. The number of pyridine rings is 1. The Morgan fingerprint density at radius 3 is 2.48 bits per heavy atom. The Morgan fingerprint density at radius 1 is 1.24 bits per heavy atom. The maximum atomic E-state index is 14.5. The van der Waals surface area contributed by atoms with Crippen LogP contribution < -0.4 is 4.74 Å². The molecule has 2 aromatic rings. The molecular formula is C22H26F2N2O3. The van der Waals surface area contributed by atoms with Gasteiger partial charge in [-0.3, -0.25) is 0 Å². The Balaban J connectivity index is 1.54. The number of hydrogen-bond acceptors (Lipinski definition) is 4. The summed E-state index contributed by atoms with van der Waals surface area (Å²) in [4.78, 5) is 16.8. The third kappa shape index (κ3) is 5.97. The third-order valence-electron chi connectivity index (χ3n) is 5.03. The molecule has 0 aliphatic carbocycles. The lowest BCUT2D eigenvalue weighted by atomic mass is 9.97. The number of benzene rings is 1. The number of ether oxygens (including phenoxy) is 1. The zero-order valence-electron chi connectivity index (χ0n) is 16.7. The second-order valence-corrected chi connectivity index (χ2v) is 8.13. The van der Waals surface area contributed by atoms with Gasteiger partial charge in [-0.2, -0.15) is 0 Å². The fraction of sp³-hybridized carbons (Fsp3) is 0.455. The Labute approximate surface area is 169 Å². The van der Waals surface area contributed by atoms with Gasteiger partial charge in [-0.1, -0.05) is 12.1 Å². The number of aromatic nitrogens is 1. The molecular weight excluding hydrogens is 378 g/mol. The molecule has 1 fully saturated rings. The summed E-state index contributed by atoms with van der Waals surface area (Å²) in [6.45, 7) is 5.68. The molecule has 0 radical (unpaired) electrons. The van der Waals surface area contributed by atoms with E-state index in [4.69, 9.17) is 9.84 Å². The first-order valence-corrected chi connectivity index (χ1v) is 9.74. The van der Waals surface area contributed by atoms with Crippen molar-refractivity contribution in [3.05, 3.63) is 48.0 Å². The molecule has 29 heavy (non-hydrogen) atoms. The van der Waals surface area contributed by atoms with Gasteiger partial charge in [0.05, 0.1) is 6.61 Å². The van der Waals surface area contributed by atoms with Crippen LogP contribution in [-0.2, 0) is 0 Å². The monoisotopic (exact) mass is 404 g/mol. The van der Waals surface area contributed by atoms with Gasteiger partial charge in [0.2, 0.25) is 0 Å². The average molecular weight is 404 g/mol. The van der Waals surface area contributed by atoms with Crippen LogP contribution in [0.4, 0.5) is 8.78 Å². The maximum absolute atomic E-state index is 14.5. The number of carboxylic acids is 1. The van der Waals surface area contributed by atoms with Crippen molar-refractivity contribution in [3.8, 4) is 16.9 Å². The van der Waals surface area contributed by atoms with E-state index in [0.29, 0.717) is 30.2 Å². The van der Waals surface area contributed by atoms with Gasteiger partial charge in [-0.25, -0.2) is 18.6 Å². The normalized spacial score (nSPS) is 16.0. The number of aromatic carboxylic acids is 1. The molecule has 0 saturated carbocycles. The van der Waals surface area contributed by atoms with E-state index in [1.807, 2.05) is 0 Å². The van der Waals surface area contributed by atoms with E-state index >= 15 is 0 Å².